The van der Waals surface area contributed by atoms with Crippen LogP contribution in [0.25, 0.3) is 0 Å². The highest BCUT2D eigenvalue weighted by Gasteiger charge is 2.43. The van der Waals surface area contributed by atoms with E-state index in [0.717, 1.165) is 30.2 Å². The van der Waals surface area contributed by atoms with E-state index < -0.39 is 6.09 Å². The highest BCUT2D eigenvalue weighted by molar-refractivity contribution is 9.09. The van der Waals surface area contributed by atoms with Crippen LogP contribution in [0.2, 0.25) is 0 Å². The first-order valence-corrected chi connectivity index (χ1v) is 8.51. The molecule has 0 aliphatic carbocycles. The molecule has 1 aliphatic heterocycles. The summed E-state index contributed by atoms with van der Waals surface area (Å²) in [6, 6.07) is 9.83. The van der Waals surface area contributed by atoms with Crippen LogP contribution in [0.3, 0.4) is 0 Å². The van der Waals surface area contributed by atoms with Gasteiger partial charge in [-0.2, -0.15) is 9.69 Å². The quantitative estimate of drug-likeness (QED) is 0.602. The summed E-state index contributed by atoms with van der Waals surface area (Å²) < 4.78 is 5.09. The summed E-state index contributed by atoms with van der Waals surface area (Å²) in [5.74, 6) is -0.0343. The van der Waals surface area contributed by atoms with Gasteiger partial charge < -0.3 is 4.74 Å². The van der Waals surface area contributed by atoms with Crippen LogP contribution < -0.4 is 4.90 Å². The Kier molecular flexibility index (Phi) is 6.39. The first-order valence-electron chi connectivity index (χ1n) is 7.39. The Bertz CT molecular complexity index is 478. The van der Waals surface area contributed by atoms with Crippen LogP contribution in [-0.4, -0.2) is 30.0 Å². The van der Waals surface area contributed by atoms with Crippen LogP contribution in [0.1, 0.15) is 31.2 Å². The smallest absolute Gasteiger partial charge is 0.413 e. The molecule has 1 aromatic rings. The Morgan fingerprint density at radius 1 is 1.24 bits per heavy atom. The third-order valence-corrected chi connectivity index (χ3v) is 4.27. The Balaban J connectivity index is 1.92. The molecule has 0 aromatic heterocycles. The van der Waals surface area contributed by atoms with Gasteiger partial charge >= 0.3 is 12.0 Å². The summed E-state index contributed by atoms with van der Waals surface area (Å²) in [5, 5.41) is 0.955. The van der Waals surface area contributed by atoms with Crippen molar-refractivity contribution in [2.24, 2.45) is 0 Å². The van der Waals surface area contributed by atoms with Crippen LogP contribution in [0.4, 0.5) is 4.79 Å². The number of rotatable bonds is 7. The summed E-state index contributed by atoms with van der Waals surface area (Å²) >= 11 is 3.37. The second kappa shape index (κ2) is 8.29. The first kappa shape index (κ1) is 16.2. The van der Waals surface area contributed by atoms with Gasteiger partial charge in [0.1, 0.15) is 6.04 Å². The molecule has 5 heteroatoms. The molecule has 1 unspecified atom stereocenters. The molecule has 1 fully saturated rings. The Labute approximate surface area is 133 Å². The number of benzene rings is 1. The zero-order valence-corrected chi connectivity index (χ0v) is 13.6. The van der Waals surface area contributed by atoms with Gasteiger partial charge in [0.05, 0.1) is 6.42 Å². The predicted octanol–water partition coefficient (Wildman–Crippen LogP) is 2.11. The molecule has 0 radical (unpaired) electrons. The van der Waals surface area contributed by atoms with Gasteiger partial charge in [-0.25, -0.2) is 4.79 Å². The predicted molar refractivity (Wildman–Crippen MR) is 83.5 cm³/mol. The summed E-state index contributed by atoms with van der Waals surface area (Å²) in [5.41, 5.74) is 1.13. The van der Waals surface area contributed by atoms with E-state index in [1.165, 1.54) is 0 Å². The third-order valence-electron chi connectivity index (χ3n) is 3.71. The molecule has 0 spiro atoms. The number of hydrogen-bond donors (Lipinski definition) is 1. The number of carbonyl (C=O) groups excluding carboxylic acids is 2. The topological polar surface area (TPSA) is 47.8 Å². The molecule has 0 saturated carbocycles. The molecule has 1 heterocycles. The average molecular weight is 355 g/mol. The second-order valence-corrected chi connectivity index (χ2v) is 6.11. The second-order valence-electron chi connectivity index (χ2n) is 5.32. The number of hydrogen-bond acceptors (Lipinski definition) is 3. The Morgan fingerprint density at radius 2 is 2.00 bits per heavy atom. The van der Waals surface area contributed by atoms with Crippen LogP contribution in [0.5, 0.6) is 0 Å². The van der Waals surface area contributed by atoms with Crippen molar-refractivity contribution in [2.45, 2.75) is 38.1 Å². The number of halogens is 1. The summed E-state index contributed by atoms with van der Waals surface area (Å²) in [6.07, 6.45) is 3.61. The largest absolute Gasteiger partial charge is 0.522 e. The molecule has 1 aliphatic rings. The number of amides is 2. The van der Waals surface area contributed by atoms with Gasteiger partial charge in [-0.1, -0.05) is 52.7 Å². The molecule has 2 atom stereocenters. The maximum atomic E-state index is 12.3. The fourth-order valence-electron chi connectivity index (χ4n) is 2.60. The van der Waals surface area contributed by atoms with Gasteiger partial charge in [0, 0.05) is 11.8 Å². The molecule has 1 saturated heterocycles. The first-order chi connectivity index (χ1) is 10.2. The van der Waals surface area contributed by atoms with E-state index in [2.05, 4.69) is 15.9 Å². The summed E-state index contributed by atoms with van der Waals surface area (Å²) in [4.78, 5) is 24.5. The SMILES string of the molecule is O=C(CCCCCBr)[NH+]1C(=O)OC[C@H]1Cc1ccccc1. The number of ether oxygens (including phenoxy) is 1. The van der Waals surface area contributed by atoms with E-state index in [1.807, 2.05) is 30.3 Å². The fraction of sp³-hybridized carbons (Fsp3) is 0.500. The molecular formula is C16H21BrNO3+. The van der Waals surface area contributed by atoms with E-state index in [9.17, 15) is 9.59 Å². The minimum atomic E-state index is -0.415. The zero-order valence-electron chi connectivity index (χ0n) is 12.0. The highest BCUT2D eigenvalue weighted by Crippen LogP contribution is 2.06. The lowest BCUT2D eigenvalue weighted by Gasteiger charge is -2.13. The van der Waals surface area contributed by atoms with Crippen molar-refractivity contribution >= 4 is 27.9 Å². The standard InChI is InChI=1S/C16H20BrNO3/c17-10-6-2-5-9-15(19)18-14(12-21-16(18)20)11-13-7-3-1-4-8-13/h1,3-4,7-8,14H,2,5-6,9-12H2/p+1/t14-/m1/s1. The van der Waals surface area contributed by atoms with Crippen LogP contribution in [0.15, 0.2) is 30.3 Å². The monoisotopic (exact) mass is 354 g/mol. The van der Waals surface area contributed by atoms with Crippen LogP contribution in [-0.2, 0) is 16.0 Å². The molecule has 4 nitrogen and oxygen atoms in total. The van der Waals surface area contributed by atoms with Gasteiger partial charge in [0.25, 0.3) is 0 Å². The molecule has 2 amide bonds. The van der Waals surface area contributed by atoms with E-state index in [4.69, 9.17) is 4.74 Å². The van der Waals surface area contributed by atoms with Crippen molar-refractivity contribution in [2.75, 3.05) is 11.9 Å². The third kappa shape index (κ3) is 4.64. The van der Waals surface area contributed by atoms with Crippen molar-refractivity contribution in [3.63, 3.8) is 0 Å². The van der Waals surface area contributed by atoms with Gasteiger partial charge in [-0.15, -0.1) is 0 Å². The maximum absolute atomic E-state index is 12.3. The van der Waals surface area contributed by atoms with E-state index in [1.54, 1.807) is 0 Å². The molecular weight excluding hydrogens is 334 g/mol. The van der Waals surface area contributed by atoms with Crippen molar-refractivity contribution in [1.82, 2.24) is 0 Å². The van der Waals surface area contributed by atoms with Crippen molar-refractivity contribution in [3.05, 3.63) is 35.9 Å². The minimum absolute atomic E-state index is 0.0343. The van der Waals surface area contributed by atoms with Gasteiger partial charge in [0.2, 0.25) is 0 Å². The minimum Gasteiger partial charge on any atom is -0.413 e. The number of imide groups is 1. The highest BCUT2D eigenvalue weighted by atomic mass is 79.9. The lowest BCUT2D eigenvalue weighted by atomic mass is 10.1. The van der Waals surface area contributed by atoms with Crippen molar-refractivity contribution in [1.29, 1.82) is 0 Å². The number of carbonyl (C=O) groups is 2. The normalized spacial score (nSPS) is 21.3. The summed E-state index contributed by atoms with van der Waals surface area (Å²) in [6.45, 7) is 0.330. The van der Waals surface area contributed by atoms with Crippen LogP contribution >= 0.6 is 15.9 Å². The number of cyclic esters (lactones) is 1. The Hall–Kier alpha value is -1.20. The molecule has 21 heavy (non-hydrogen) atoms. The summed E-state index contributed by atoms with van der Waals surface area (Å²) in [7, 11) is 0. The van der Waals surface area contributed by atoms with E-state index >= 15 is 0 Å². The average Bonchev–Trinajstić information content (AvgIpc) is 2.85. The van der Waals surface area contributed by atoms with Gasteiger partial charge in [-0.3, -0.25) is 0 Å². The molecule has 1 aromatic carbocycles. The zero-order chi connectivity index (χ0) is 15.1. The number of quaternary nitrogens is 1. The Morgan fingerprint density at radius 3 is 2.71 bits per heavy atom. The fourth-order valence-corrected chi connectivity index (χ4v) is 2.99. The molecule has 0 bridgehead atoms. The molecule has 114 valence electrons. The van der Waals surface area contributed by atoms with E-state index in [0.29, 0.717) is 24.3 Å². The molecule has 1 N–H and O–H groups in total. The van der Waals surface area contributed by atoms with Crippen LogP contribution in [0, 0.1) is 0 Å². The number of nitrogens with one attached hydrogen (secondary N) is 1. The lowest BCUT2D eigenvalue weighted by molar-refractivity contribution is -0.752. The van der Waals surface area contributed by atoms with Crippen molar-refractivity contribution in [3.8, 4) is 0 Å². The van der Waals surface area contributed by atoms with Crippen molar-refractivity contribution < 1.29 is 19.2 Å². The lowest BCUT2D eigenvalue weighted by Crippen LogP contribution is -3.18. The van der Waals surface area contributed by atoms with E-state index in [-0.39, 0.29) is 11.9 Å². The number of alkyl halides is 1. The number of alkyl carbamates (subject to hydrolysis) is 2. The van der Waals surface area contributed by atoms with Gasteiger partial charge in [0.15, 0.2) is 6.61 Å². The maximum Gasteiger partial charge on any atom is 0.522 e. The number of unbranched alkanes of at least 4 members (excludes halogenated alkanes) is 2. The van der Waals surface area contributed by atoms with Gasteiger partial charge in [-0.05, 0) is 18.4 Å². The molecule has 2 rings (SSSR count).